The molecule has 0 saturated heterocycles. The van der Waals surface area contributed by atoms with Gasteiger partial charge in [0.25, 0.3) is 0 Å². The quantitative estimate of drug-likeness (QED) is 0.348. The van der Waals surface area contributed by atoms with E-state index in [9.17, 15) is 4.91 Å². The number of hydrogen-bond acceptors (Lipinski definition) is 2. The molecule has 1 rings (SSSR count). The maximum Gasteiger partial charge on any atom is 0.168 e. The number of alkyl halides is 1. The fourth-order valence-corrected chi connectivity index (χ4v) is 1.20. The Hall–Kier alpha value is -0.450. The van der Waals surface area contributed by atoms with Crippen molar-refractivity contribution in [2.45, 2.75) is 11.0 Å². The van der Waals surface area contributed by atoms with Crippen LogP contribution in [0.25, 0.3) is 0 Å². The molecule has 1 atom stereocenters. The third kappa shape index (κ3) is 2.25. The van der Waals surface area contributed by atoms with Crippen molar-refractivity contribution >= 4 is 22.6 Å². The molecular weight excluding hydrogens is 253 g/mol. The molecule has 0 amide bonds. The van der Waals surface area contributed by atoms with E-state index >= 15 is 0 Å². The summed E-state index contributed by atoms with van der Waals surface area (Å²) < 4.78 is -0.256. The fraction of sp³-hybridized carbons (Fsp3) is 0.250. The van der Waals surface area contributed by atoms with Crippen molar-refractivity contribution in [2.24, 2.45) is 5.18 Å². The van der Waals surface area contributed by atoms with E-state index in [1.54, 1.807) is 0 Å². The summed E-state index contributed by atoms with van der Waals surface area (Å²) in [5.74, 6) is 0. The Bertz CT molecular complexity index is 245. The van der Waals surface area contributed by atoms with E-state index in [4.69, 9.17) is 0 Å². The predicted octanol–water partition coefficient (Wildman–Crippen LogP) is 3.20. The zero-order valence-electron chi connectivity index (χ0n) is 6.12. The molecule has 0 aliphatic rings. The molecule has 0 heterocycles. The van der Waals surface area contributed by atoms with Crippen LogP contribution in [-0.2, 0) is 0 Å². The van der Waals surface area contributed by atoms with E-state index < -0.39 is 0 Å². The van der Waals surface area contributed by atoms with Crippen molar-refractivity contribution < 1.29 is 0 Å². The number of benzene rings is 1. The molecule has 0 aromatic heterocycles. The van der Waals surface area contributed by atoms with E-state index in [0.717, 1.165) is 5.56 Å². The van der Waals surface area contributed by atoms with Gasteiger partial charge in [0.2, 0.25) is 0 Å². The topological polar surface area (TPSA) is 29.4 Å². The molecule has 1 aromatic rings. The molecule has 0 bridgehead atoms. The third-order valence-corrected chi connectivity index (χ3v) is 2.39. The van der Waals surface area contributed by atoms with Crippen molar-refractivity contribution in [3.63, 3.8) is 0 Å². The van der Waals surface area contributed by atoms with Crippen molar-refractivity contribution in [1.82, 2.24) is 0 Å². The molecule has 58 valence electrons. The molecule has 3 heteroatoms. The minimum atomic E-state index is -0.256. The summed E-state index contributed by atoms with van der Waals surface area (Å²) in [7, 11) is 0. The Kier molecular flexibility index (Phi) is 2.99. The minimum Gasteiger partial charge on any atom is -0.149 e. The van der Waals surface area contributed by atoms with Gasteiger partial charge in [-0.1, -0.05) is 35.0 Å². The van der Waals surface area contributed by atoms with Crippen molar-refractivity contribution in [3.8, 4) is 0 Å². The van der Waals surface area contributed by atoms with Crippen LogP contribution in [0.5, 0.6) is 0 Å². The van der Waals surface area contributed by atoms with Crippen LogP contribution < -0.4 is 0 Å². The number of rotatable bonds is 2. The Balaban J connectivity index is 2.89. The zero-order chi connectivity index (χ0) is 8.27. The van der Waals surface area contributed by atoms with Gasteiger partial charge in [0.15, 0.2) is 4.05 Å². The zero-order valence-corrected chi connectivity index (χ0v) is 8.28. The maximum absolute atomic E-state index is 10.1. The lowest BCUT2D eigenvalue weighted by Crippen LogP contribution is -1.83. The molecule has 0 radical (unpaired) electrons. The van der Waals surface area contributed by atoms with Gasteiger partial charge in [0, 0.05) is 0 Å². The molecule has 2 nitrogen and oxygen atoms in total. The summed E-state index contributed by atoms with van der Waals surface area (Å²) in [5, 5.41) is 2.93. The maximum atomic E-state index is 10.1. The summed E-state index contributed by atoms with van der Waals surface area (Å²) in [5.41, 5.74) is 2.16. The Morgan fingerprint density at radius 1 is 1.36 bits per heavy atom. The predicted molar refractivity (Wildman–Crippen MR) is 53.7 cm³/mol. The first-order valence-electron chi connectivity index (χ1n) is 3.27. The summed E-state index contributed by atoms with van der Waals surface area (Å²) in [4.78, 5) is 10.1. The smallest absolute Gasteiger partial charge is 0.149 e. The first-order valence-corrected chi connectivity index (χ1v) is 4.51. The molecule has 1 unspecified atom stereocenters. The highest BCUT2D eigenvalue weighted by atomic mass is 127. The van der Waals surface area contributed by atoms with Gasteiger partial charge >= 0.3 is 0 Å². The number of aryl methyl sites for hydroxylation is 1. The monoisotopic (exact) mass is 261 g/mol. The lowest BCUT2D eigenvalue weighted by molar-refractivity contribution is 1.06. The third-order valence-electron chi connectivity index (χ3n) is 1.44. The van der Waals surface area contributed by atoms with Crippen LogP contribution in [0.4, 0.5) is 0 Å². The van der Waals surface area contributed by atoms with Crippen LogP contribution in [0.15, 0.2) is 29.4 Å². The molecule has 0 N–H and O–H groups in total. The first-order chi connectivity index (χ1) is 5.24. The summed E-state index contributed by atoms with van der Waals surface area (Å²) in [6.07, 6.45) is 0. The second-order valence-corrected chi connectivity index (χ2v) is 3.53. The number of nitroso groups, excluding NO2 is 1. The van der Waals surface area contributed by atoms with Gasteiger partial charge in [-0.05, 0) is 35.1 Å². The highest BCUT2D eigenvalue weighted by molar-refractivity contribution is 14.1. The summed E-state index contributed by atoms with van der Waals surface area (Å²) in [6.45, 7) is 2.01. The second-order valence-electron chi connectivity index (χ2n) is 2.35. The molecule has 0 aliphatic heterocycles. The van der Waals surface area contributed by atoms with Gasteiger partial charge in [0.05, 0.1) is 0 Å². The Labute approximate surface area is 79.1 Å². The van der Waals surface area contributed by atoms with Gasteiger partial charge in [-0.3, -0.25) is 0 Å². The molecule has 11 heavy (non-hydrogen) atoms. The van der Waals surface area contributed by atoms with Gasteiger partial charge in [-0.25, -0.2) is 0 Å². The van der Waals surface area contributed by atoms with Crippen molar-refractivity contribution in [1.29, 1.82) is 0 Å². The molecule has 0 fully saturated rings. The average molecular weight is 261 g/mol. The van der Waals surface area contributed by atoms with Gasteiger partial charge in [0.1, 0.15) is 0 Å². The number of hydrogen-bond donors (Lipinski definition) is 0. The van der Waals surface area contributed by atoms with Gasteiger partial charge in [-0.15, -0.1) is 4.91 Å². The highest BCUT2D eigenvalue weighted by Gasteiger charge is 2.04. The van der Waals surface area contributed by atoms with E-state index in [-0.39, 0.29) is 4.05 Å². The van der Waals surface area contributed by atoms with E-state index in [1.165, 1.54) is 5.56 Å². The first kappa shape index (κ1) is 8.64. The summed E-state index contributed by atoms with van der Waals surface area (Å²) >= 11 is 2.00. The lowest BCUT2D eigenvalue weighted by Gasteiger charge is -2.00. The van der Waals surface area contributed by atoms with Crippen LogP contribution in [0.1, 0.15) is 15.2 Å². The van der Waals surface area contributed by atoms with Crippen molar-refractivity contribution in [3.05, 3.63) is 40.3 Å². The van der Waals surface area contributed by atoms with Gasteiger partial charge < -0.3 is 0 Å². The van der Waals surface area contributed by atoms with Crippen molar-refractivity contribution in [2.75, 3.05) is 0 Å². The molecule has 1 aromatic carbocycles. The Morgan fingerprint density at radius 3 is 2.36 bits per heavy atom. The van der Waals surface area contributed by atoms with E-state index in [0.29, 0.717) is 0 Å². The molecular formula is C8H8INO. The van der Waals surface area contributed by atoms with E-state index in [2.05, 4.69) is 5.18 Å². The molecule has 0 spiro atoms. The van der Waals surface area contributed by atoms with Crippen LogP contribution in [0.2, 0.25) is 0 Å². The minimum absolute atomic E-state index is 0.256. The van der Waals surface area contributed by atoms with Crippen LogP contribution in [0, 0.1) is 11.8 Å². The number of halogens is 1. The average Bonchev–Trinajstić information content (AvgIpc) is 2.05. The number of nitrogens with zero attached hydrogens (tertiary/aromatic N) is 1. The van der Waals surface area contributed by atoms with Crippen LogP contribution in [0.3, 0.4) is 0 Å². The standard InChI is InChI=1S/C8H8INO/c1-6-2-4-7(5-3-6)8(9)10-11/h2-5,8H,1H3. The normalized spacial score (nSPS) is 12.5. The summed E-state index contributed by atoms with van der Waals surface area (Å²) in [6, 6.07) is 7.81. The molecule has 0 aliphatic carbocycles. The SMILES string of the molecule is Cc1ccc(C(I)N=O)cc1. The van der Waals surface area contributed by atoms with E-state index in [1.807, 2.05) is 53.8 Å². The fourth-order valence-electron chi connectivity index (χ4n) is 0.786. The highest BCUT2D eigenvalue weighted by Crippen LogP contribution is 2.23. The van der Waals surface area contributed by atoms with Crippen LogP contribution >= 0.6 is 22.6 Å². The lowest BCUT2D eigenvalue weighted by atomic mass is 10.2. The largest absolute Gasteiger partial charge is 0.168 e. The van der Waals surface area contributed by atoms with Gasteiger partial charge in [-0.2, -0.15) is 0 Å². The molecule has 0 saturated carbocycles. The second kappa shape index (κ2) is 3.80. The van der Waals surface area contributed by atoms with Crippen LogP contribution in [-0.4, -0.2) is 0 Å². The Morgan fingerprint density at radius 2 is 1.91 bits per heavy atom.